The summed E-state index contributed by atoms with van der Waals surface area (Å²) in [7, 11) is 8.10. The molecule has 0 saturated heterocycles. The van der Waals surface area contributed by atoms with Crippen molar-refractivity contribution < 1.29 is 91.4 Å². The van der Waals surface area contributed by atoms with Crippen LogP contribution in [0.2, 0.25) is 0 Å². The predicted octanol–water partition coefficient (Wildman–Crippen LogP) is 19.7. The van der Waals surface area contributed by atoms with Crippen molar-refractivity contribution in [3.05, 3.63) is 275 Å². The van der Waals surface area contributed by atoms with Gasteiger partial charge in [-0.2, -0.15) is 0 Å². The fourth-order valence-corrected chi connectivity index (χ4v) is 11.1. The van der Waals surface area contributed by atoms with Gasteiger partial charge in [-0.3, -0.25) is 14.4 Å². The zero-order chi connectivity index (χ0) is 86.2. The number of halogens is 1. The number of hydrogen-bond acceptors (Lipinski definition) is 19. The first kappa shape index (κ1) is 94.9. The molecule has 0 saturated carbocycles. The summed E-state index contributed by atoms with van der Waals surface area (Å²) in [5, 5.41) is 27.4. The van der Waals surface area contributed by atoms with E-state index in [0.717, 1.165) is 84.0 Å². The third-order valence-electron chi connectivity index (χ3n) is 18.2. The lowest BCUT2D eigenvalue weighted by atomic mass is 9.96. The smallest absolute Gasteiger partial charge is 0.333 e. The fraction of sp³-hybridized carbons (Fsp3) is 0.330. The summed E-state index contributed by atoms with van der Waals surface area (Å²) < 4.78 is 61.6. The lowest BCUT2D eigenvalue weighted by Crippen LogP contribution is -2.27. The largest absolute Gasteiger partial charge is 0.508 e. The number of benzene rings is 9. The van der Waals surface area contributed by atoms with E-state index in [0.29, 0.717) is 103 Å². The molecule has 0 aliphatic rings. The molecule has 0 fully saturated rings. The van der Waals surface area contributed by atoms with Crippen molar-refractivity contribution in [2.45, 2.75) is 103 Å². The second kappa shape index (κ2) is 45.5. The molecule has 117 heavy (non-hydrogen) atoms. The van der Waals surface area contributed by atoms with E-state index in [-0.39, 0.29) is 54.6 Å². The van der Waals surface area contributed by atoms with Gasteiger partial charge in [0.25, 0.3) is 0 Å². The first-order valence-electron chi connectivity index (χ1n) is 38.0. The molecule has 9 aromatic carbocycles. The molecular weight excluding hydrogens is 1500 g/mol. The van der Waals surface area contributed by atoms with Gasteiger partial charge in [0.2, 0.25) is 5.24 Å². The molecular formula is C97H113ClO19. The van der Waals surface area contributed by atoms with Gasteiger partial charge in [-0.15, -0.1) is 0 Å². The van der Waals surface area contributed by atoms with Gasteiger partial charge < -0.3 is 67.4 Å². The maximum absolute atomic E-state index is 13.5. The van der Waals surface area contributed by atoms with Crippen molar-refractivity contribution >= 4 is 40.3 Å². The van der Waals surface area contributed by atoms with Gasteiger partial charge in [0.05, 0.1) is 115 Å². The van der Waals surface area contributed by atoms with Crippen LogP contribution in [0.1, 0.15) is 130 Å². The van der Waals surface area contributed by atoms with Crippen LogP contribution in [0.3, 0.4) is 0 Å². The summed E-state index contributed by atoms with van der Waals surface area (Å²) in [6.45, 7) is 34.5. The molecule has 0 unspecified atom stereocenters. The number of allylic oxidation sites excluding steroid dienone is 1. The maximum Gasteiger partial charge on any atom is 0.333 e. The molecule has 19 nitrogen and oxygen atoms in total. The summed E-state index contributed by atoms with van der Waals surface area (Å²) in [5.74, 6) is 2.93. The Morgan fingerprint density at radius 1 is 0.325 bits per heavy atom. The number of phenols is 1. The van der Waals surface area contributed by atoms with E-state index in [4.69, 9.17) is 68.8 Å². The monoisotopic (exact) mass is 1620 g/mol. The minimum Gasteiger partial charge on any atom is -0.508 e. The molecule has 0 heterocycles. The summed E-state index contributed by atoms with van der Waals surface area (Å²) in [5.41, 5.74) is 13.4. The Morgan fingerprint density at radius 3 is 0.761 bits per heavy atom. The quantitative estimate of drug-likeness (QED) is 0.0141. The average molecular weight is 1620 g/mol. The zero-order valence-electron chi connectivity index (χ0n) is 70.3. The highest BCUT2D eigenvalue weighted by atomic mass is 35.5. The molecule has 0 radical (unpaired) electrons. The average Bonchev–Trinajstić information content (AvgIpc) is 1.16. The second-order valence-electron chi connectivity index (χ2n) is 31.5. The van der Waals surface area contributed by atoms with Crippen molar-refractivity contribution in [1.82, 2.24) is 0 Å². The number of carbonyl (C=O) groups excluding carboxylic acids is 5. The Morgan fingerprint density at radius 2 is 0.556 bits per heavy atom. The van der Waals surface area contributed by atoms with Gasteiger partial charge in [-0.05, 0) is 150 Å². The van der Waals surface area contributed by atoms with Crippen molar-refractivity contribution in [3.8, 4) is 79.0 Å². The van der Waals surface area contributed by atoms with Gasteiger partial charge >= 0.3 is 11.9 Å². The first-order chi connectivity index (χ1) is 55.5. The maximum atomic E-state index is 13.5. The Bertz CT molecular complexity index is 4510. The van der Waals surface area contributed by atoms with Crippen molar-refractivity contribution in [2.24, 2.45) is 21.7 Å². The number of carbonyl (C=O) groups is 5. The Labute approximate surface area is 694 Å². The van der Waals surface area contributed by atoms with Crippen molar-refractivity contribution in [3.63, 3.8) is 0 Å². The Kier molecular flexibility index (Phi) is 36.9. The van der Waals surface area contributed by atoms with E-state index in [1.54, 1.807) is 80.6 Å². The molecule has 9 rings (SSSR count). The standard InChI is InChI=1S/C47H54O9.C39H46O7.C7H8O2.C4H5ClO/c1-31(2)44(49)55-29-46(5,6)27-53-25-39-23-37(19-21-41(39)51-9)33-11-15-35(16-12-33)43(48)36-17-13-34(14-18-36)38-20-22-42(52-10)40(24-38)26-54-28-47(7,8)30-56-45(50)32(3)4;1-38(2,23-40)25-45-21-33-19-31(15-17-35(33)43-5)27-7-11-29(12-8-27)37(42)30-13-9-28(10-14-30)32-16-18-36(44-6)34(20-32)22-46-26-39(3,4)24-41;1-9-7-4-2-6(8)3-5-7;1-3(2)4(5)6/h11-24H,1,3,25-30H2,2,4-10H3;7-20,40-41H,21-26H2,1-6H3;2-5,8H,1H3;1H2,2H3. The van der Waals surface area contributed by atoms with Crippen LogP contribution in [0.15, 0.2) is 231 Å². The highest BCUT2D eigenvalue weighted by Crippen LogP contribution is 2.35. The highest BCUT2D eigenvalue weighted by molar-refractivity contribution is 6.67. The number of rotatable bonds is 38. The van der Waals surface area contributed by atoms with Crippen molar-refractivity contribution in [2.75, 3.05) is 88.4 Å². The van der Waals surface area contributed by atoms with E-state index < -0.39 is 28.0 Å². The van der Waals surface area contributed by atoms with Crippen LogP contribution in [-0.2, 0) is 69.2 Å². The van der Waals surface area contributed by atoms with Crippen LogP contribution < -0.4 is 23.7 Å². The number of aliphatic hydroxyl groups is 2. The van der Waals surface area contributed by atoms with E-state index in [1.165, 1.54) is 0 Å². The summed E-state index contributed by atoms with van der Waals surface area (Å²) >= 11 is 4.87. The number of esters is 2. The van der Waals surface area contributed by atoms with Gasteiger partial charge in [0.1, 0.15) is 34.5 Å². The van der Waals surface area contributed by atoms with Crippen molar-refractivity contribution in [1.29, 1.82) is 0 Å². The topological polar surface area (TPSA) is 248 Å². The zero-order valence-corrected chi connectivity index (χ0v) is 71.1. The molecule has 9 aromatic rings. The molecule has 0 aliphatic carbocycles. The van der Waals surface area contributed by atoms with Crippen LogP contribution in [0.4, 0.5) is 0 Å². The van der Waals surface area contributed by atoms with Crippen LogP contribution in [0.25, 0.3) is 44.5 Å². The Balaban J connectivity index is 0.000000311. The number of phenolic OH excluding ortho intramolecular Hbond substituents is 1. The predicted molar refractivity (Wildman–Crippen MR) is 460 cm³/mol. The molecule has 0 aliphatic heterocycles. The van der Waals surface area contributed by atoms with E-state index in [2.05, 4.69) is 19.7 Å². The van der Waals surface area contributed by atoms with E-state index in [1.807, 2.05) is 225 Å². The molecule has 0 bridgehead atoms. The number of hydrogen-bond donors (Lipinski definition) is 3. The lowest BCUT2D eigenvalue weighted by molar-refractivity contribution is -0.144. The van der Waals surface area contributed by atoms with E-state index in [9.17, 15) is 34.2 Å². The van der Waals surface area contributed by atoms with Crippen LogP contribution in [0, 0.1) is 21.7 Å². The molecule has 3 N–H and O–H groups in total. The molecule has 20 heteroatoms. The molecule has 0 atom stereocenters. The van der Waals surface area contributed by atoms with Crippen LogP contribution in [-0.4, -0.2) is 132 Å². The van der Waals surface area contributed by atoms with Crippen LogP contribution >= 0.6 is 11.6 Å². The van der Waals surface area contributed by atoms with Crippen LogP contribution in [0.5, 0.6) is 34.5 Å². The second-order valence-corrected chi connectivity index (χ2v) is 31.8. The summed E-state index contributed by atoms with van der Waals surface area (Å²) in [4.78, 5) is 60.3. The fourth-order valence-electron chi connectivity index (χ4n) is 11.1. The van der Waals surface area contributed by atoms with E-state index >= 15 is 0 Å². The molecule has 0 spiro atoms. The summed E-state index contributed by atoms with van der Waals surface area (Å²) in [6.07, 6.45) is 0. The summed E-state index contributed by atoms with van der Waals surface area (Å²) in [6, 6.07) is 60.5. The number of aliphatic hydroxyl groups excluding tert-OH is 2. The minimum absolute atomic E-state index is 0.0465. The van der Waals surface area contributed by atoms with Gasteiger partial charge in [0.15, 0.2) is 11.6 Å². The molecule has 0 amide bonds. The first-order valence-corrected chi connectivity index (χ1v) is 38.4. The highest BCUT2D eigenvalue weighted by Gasteiger charge is 2.25. The molecule has 0 aromatic heterocycles. The number of methoxy groups -OCH3 is 5. The third kappa shape index (κ3) is 30.5. The SMILES string of the molecule is C=C(C)C(=O)Cl.C=C(C)C(=O)OCC(C)(C)COCc1cc(-c2ccc(C(=O)c3ccc(-c4ccc(OC)c(COCC(C)(C)COC(=O)C(=C)C)c4)cc3)cc2)ccc1OC.COc1ccc(-c2ccc(C(=O)c3ccc(-c4ccc(OC)c(COCC(C)(C)CO)c4)cc3)cc2)cc1COCC(C)(C)CO.COc1ccc(O)cc1. The Hall–Kier alpha value is -11.0. The molecule has 622 valence electrons. The third-order valence-corrected chi connectivity index (χ3v) is 18.5. The lowest BCUT2D eigenvalue weighted by Gasteiger charge is -2.24. The number of ether oxygens (including phenoxy) is 11. The van der Waals surface area contributed by atoms with Gasteiger partial charge in [-0.25, -0.2) is 9.59 Å². The normalized spacial score (nSPS) is 11.2. The van der Waals surface area contributed by atoms with Gasteiger partial charge in [-0.1, -0.05) is 196 Å². The van der Waals surface area contributed by atoms with Gasteiger partial charge in [0, 0.05) is 82.9 Å². The number of aromatic hydroxyl groups is 1. The number of ketones is 2. The minimum atomic E-state index is -0.463.